The molecule has 3 fully saturated rings. The van der Waals surface area contributed by atoms with Crippen LogP contribution in [0.5, 0.6) is 17.5 Å². The number of aromatic nitrogens is 3. The second-order valence-electron chi connectivity index (χ2n) is 20.7. The van der Waals surface area contributed by atoms with Gasteiger partial charge in [-0.25, -0.2) is 0 Å². The van der Waals surface area contributed by atoms with Crippen LogP contribution in [0.3, 0.4) is 0 Å². The predicted molar refractivity (Wildman–Crippen MR) is 270 cm³/mol. The summed E-state index contributed by atoms with van der Waals surface area (Å²) in [6.45, 7) is 20.2. The van der Waals surface area contributed by atoms with Crippen LogP contribution in [0.4, 0.5) is 5.69 Å². The van der Waals surface area contributed by atoms with Crippen LogP contribution in [0, 0.1) is 12.8 Å². The van der Waals surface area contributed by atoms with E-state index < -0.39 is 0 Å². The number of para-hydroxylation sites is 1. The number of hydrogen-bond acceptors (Lipinski definition) is 9. The summed E-state index contributed by atoms with van der Waals surface area (Å²) in [6, 6.07) is 37.2. The first-order chi connectivity index (χ1) is 32.2. The molecule has 0 radical (unpaired) electrons. The van der Waals surface area contributed by atoms with Crippen molar-refractivity contribution in [2.75, 3.05) is 31.1 Å². The molecule has 6 aromatic rings. The van der Waals surface area contributed by atoms with Crippen molar-refractivity contribution in [1.29, 1.82) is 0 Å². The highest BCUT2D eigenvalue weighted by Gasteiger charge is 2.52. The third kappa shape index (κ3) is 10.4. The number of ether oxygens (including phenoxy) is 3. The van der Waals surface area contributed by atoms with Gasteiger partial charge < -0.3 is 28.4 Å². The molecule has 0 unspecified atom stereocenters. The molecule has 0 N–H and O–H groups in total. The topological polar surface area (TPSA) is 83.3 Å². The van der Waals surface area contributed by atoms with E-state index in [1.807, 2.05) is 60.3 Å². The Morgan fingerprint density at radius 2 is 1.37 bits per heavy atom. The van der Waals surface area contributed by atoms with Gasteiger partial charge in [-0.15, -0.1) is 0 Å². The lowest BCUT2D eigenvalue weighted by atomic mass is 9.76. The normalized spacial score (nSPS) is 19.8. The molecule has 10 nitrogen and oxygen atoms in total. The Hall–Kier alpha value is -5.36. The average Bonchev–Trinajstić information content (AvgIpc) is 3.78. The number of piperazine rings is 1. The van der Waals surface area contributed by atoms with Gasteiger partial charge in [-0.05, 0) is 127 Å². The molecule has 67 heavy (non-hydrogen) atoms. The van der Waals surface area contributed by atoms with Crippen LogP contribution in [0.2, 0.25) is 0 Å². The fourth-order valence-corrected chi connectivity index (χ4v) is 10.3. The molecule has 4 heterocycles. The van der Waals surface area contributed by atoms with Gasteiger partial charge >= 0.3 is 7.12 Å². The second kappa shape index (κ2) is 19.7. The fraction of sp³-hybridized carbons (Fsp3) is 0.464. The number of hydrogen-bond donors (Lipinski definition) is 0. The standard InChI is InChI=1S/C56H70BN5O5/c1-40-47(57-66-55(4,5)56(6,7)67-57)24-16-26-49(40)65-44-29-27-41(28-30-44)22-17-33-54(2,3)62-36-34-61(35-37-62)48-25-15-23-45-51(59-60(8)52(45)48)46-31-32-50(63-38-42-18-11-9-12-19-42)58-53(46)64-39-43-20-13-10-14-21-43/h9-16,18-21,23-26,31-32,41,44H,17,22,27-30,33-39H2,1-8H3/t41-,44-. The molecule has 352 valence electrons. The van der Waals surface area contributed by atoms with E-state index in [1.54, 1.807) is 0 Å². The molecular weight excluding hydrogens is 833 g/mol. The third-order valence-electron chi connectivity index (χ3n) is 15.2. The van der Waals surface area contributed by atoms with E-state index in [4.69, 9.17) is 33.6 Å². The van der Waals surface area contributed by atoms with Gasteiger partial charge in [0, 0.05) is 50.2 Å². The zero-order chi connectivity index (χ0) is 46.8. The molecular formula is C56H70BN5O5. The van der Waals surface area contributed by atoms with Gasteiger partial charge in [0.05, 0.1) is 34.1 Å². The smallest absolute Gasteiger partial charge is 0.490 e. The molecule has 0 spiro atoms. The van der Waals surface area contributed by atoms with Crippen molar-refractivity contribution in [3.05, 3.63) is 126 Å². The predicted octanol–water partition coefficient (Wildman–Crippen LogP) is 11.1. The number of rotatable bonds is 16. The van der Waals surface area contributed by atoms with Crippen molar-refractivity contribution in [3.63, 3.8) is 0 Å². The Balaban J connectivity index is 0.789. The summed E-state index contributed by atoms with van der Waals surface area (Å²) in [7, 11) is 1.67. The quantitative estimate of drug-likeness (QED) is 0.0882. The van der Waals surface area contributed by atoms with E-state index in [2.05, 4.69) is 119 Å². The molecule has 0 bridgehead atoms. The third-order valence-corrected chi connectivity index (χ3v) is 15.2. The van der Waals surface area contributed by atoms with Crippen molar-refractivity contribution in [3.8, 4) is 28.8 Å². The SMILES string of the molecule is Cc1c(O[C@H]2CC[C@H](CCCC(C)(C)N3CCN(c4cccc5c(-c6ccc(OCc7ccccc7)nc6OCc6ccccc6)nn(C)c45)CC3)CC2)cccc1B1OC(C)(C)C(C)(C)O1. The van der Waals surface area contributed by atoms with Crippen LogP contribution in [-0.2, 0) is 29.6 Å². The molecule has 11 heteroatoms. The molecule has 2 saturated heterocycles. The van der Waals surface area contributed by atoms with Gasteiger partial charge in [0.1, 0.15) is 24.7 Å². The van der Waals surface area contributed by atoms with Crippen LogP contribution in [0.15, 0.2) is 109 Å². The van der Waals surface area contributed by atoms with E-state index >= 15 is 0 Å². The monoisotopic (exact) mass is 904 g/mol. The number of pyridine rings is 1. The van der Waals surface area contributed by atoms with Crippen LogP contribution in [0.1, 0.15) is 103 Å². The van der Waals surface area contributed by atoms with Crippen molar-refractivity contribution in [1.82, 2.24) is 19.7 Å². The second-order valence-corrected chi connectivity index (χ2v) is 20.7. The van der Waals surface area contributed by atoms with Crippen molar-refractivity contribution >= 4 is 29.2 Å². The van der Waals surface area contributed by atoms with Crippen LogP contribution in [-0.4, -0.2) is 75.8 Å². The molecule has 1 saturated carbocycles. The lowest BCUT2D eigenvalue weighted by Gasteiger charge is -2.45. The first kappa shape index (κ1) is 46.7. The highest BCUT2D eigenvalue weighted by atomic mass is 16.7. The minimum absolute atomic E-state index is 0.137. The number of benzene rings is 4. The molecule has 2 aromatic heterocycles. The zero-order valence-electron chi connectivity index (χ0n) is 41.1. The van der Waals surface area contributed by atoms with Crippen molar-refractivity contribution in [2.24, 2.45) is 13.0 Å². The minimum atomic E-state index is -0.380. The maximum Gasteiger partial charge on any atom is 0.495 e. The maximum absolute atomic E-state index is 6.68. The van der Waals surface area contributed by atoms with E-state index in [1.165, 1.54) is 37.8 Å². The van der Waals surface area contributed by atoms with Gasteiger partial charge in [0.25, 0.3) is 0 Å². The van der Waals surface area contributed by atoms with Crippen LogP contribution < -0.4 is 24.6 Å². The van der Waals surface area contributed by atoms with Crippen molar-refractivity contribution < 1.29 is 23.5 Å². The van der Waals surface area contributed by atoms with E-state index in [9.17, 15) is 0 Å². The largest absolute Gasteiger partial charge is 0.495 e. The zero-order valence-corrected chi connectivity index (χ0v) is 41.1. The van der Waals surface area contributed by atoms with E-state index in [0.717, 1.165) is 95.0 Å². The summed E-state index contributed by atoms with van der Waals surface area (Å²) in [5.74, 6) is 2.74. The Kier molecular flexibility index (Phi) is 13.7. The summed E-state index contributed by atoms with van der Waals surface area (Å²) >= 11 is 0. The first-order valence-electron chi connectivity index (χ1n) is 24.7. The highest BCUT2D eigenvalue weighted by molar-refractivity contribution is 6.62. The van der Waals surface area contributed by atoms with Crippen LogP contribution in [0.25, 0.3) is 22.2 Å². The first-order valence-corrected chi connectivity index (χ1v) is 24.7. The molecule has 9 rings (SSSR count). The van der Waals surface area contributed by atoms with Gasteiger partial charge in [0.2, 0.25) is 11.8 Å². The number of anilines is 1. The number of aryl methyl sites for hydroxylation is 1. The highest BCUT2D eigenvalue weighted by Crippen LogP contribution is 2.40. The number of fused-ring (bicyclic) bond motifs is 1. The fourth-order valence-electron chi connectivity index (χ4n) is 10.3. The van der Waals surface area contributed by atoms with Gasteiger partial charge in [0.15, 0.2) is 0 Å². The molecule has 4 aromatic carbocycles. The Bertz CT molecular complexity index is 2580. The molecule has 0 amide bonds. The Morgan fingerprint density at radius 1 is 0.731 bits per heavy atom. The molecule has 1 aliphatic carbocycles. The van der Waals surface area contributed by atoms with Gasteiger partial charge in [-0.1, -0.05) is 97.8 Å². The molecule has 0 atom stereocenters. The summed E-state index contributed by atoms with van der Waals surface area (Å²) in [6.07, 6.45) is 8.67. The summed E-state index contributed by atoms with van der Waals surface area (Å²) in [4.78, 5) is 10.2. The lowest BCUT2D eigenvalue weighted by Crippen LogP contribution is -2.54. The summed E-state index contributed by atoms with van der Waals surface area (Å²) in [5.41, 5.74) is 7.76. The van der Waals surface area contributed by atoms with Gasteiger partial charge in [-0.3, -0.25) is 9.58 Å². The Labute approximate surface area is 399 Å². The van der Waals surface area contributed by atoms with E-state index in [0.29, 0.717) is 25.0 Å². The molecule has 3 aliphatic rings. The van der Waals surface area contributed by atoms with Gasteiger partial charge in [-0.2, -0.15) is 10.1 Å². The maximum atomic E-state index is 6.68. The van der Waals surface area contributed by atoms with E-state index in [-0.39, 0.29) is 30.0 Å². The summed E-state index contributed by atoms with van der Waals surface area (Å²) in [5, 5.41) is 6.21. The summed E-state index contributed by atoms with van der Waals surface area (Å²) < 4.78 is 34.1. The Morgan fingerprint density at radius 3 is 2.04 bits per heavy atom. The number of nitrogens with zero attached hydrogens (tertiary/aromatic N) is 5. The van der Waals surface area contributed by atoms with Crippen molar-refractivity contribution in [2.45, 2.75) is 129 Å². The average molecular weight is 904 g/mol. The lowest BCUT2D eigenvalue weighted by molar-refractivity contribution is 0.00578. The molecule has 2 aliphatic heterocycles. The minimum Gasteiger partial charge on any atom is -0.490 e. The van der Waals surface area contributed by atoms with Crippen LogP contribution >= 0.6 is 0 Å².